The number of rotatable bonds is 3. The van der Waals surface area contributed by atoms with E-state index in [1.807, 2.05) is 19.2 Å². The average molecular weight is 277 g/mol. The summed E-state index contributed by atoms with van der Waals surface area (Å²) in [7, 11) is 1.98. The summed E-state index contributed by atoms with van der Waals surface area (Å²) in [5, 5.41) is 4.04. The second-order valence-electron chi connectivity index (χ2n) is 4.05. The zero-order chi connectivity index (χ0) is 10.8. The maximum Gasteiger partial charge on any atom is 0.0417 e. The Morgan fingerprint density at radius 1 is 1.43 bits per heavy atom. The fourth-order valence-electron chi connectivity index (χ4n) is 1.23. The summed E-state index contributed by atoms with van der Waals surface area (Å²) < 4.78 is 1.08. The van der Waals surface area contributed by atoms with Crippen molar-refractivity contribution in [1.29, 1.82) is 0 Å². The van der Waals surface area contributed by atoms with Crippen LogP contribution in [-0.4, -0.2) is 12.6 Å². The summed E-state index contributed by atoms with van der Waals surface area (Å²) in [6, 6.07) is 5.92. The lowest BCUT2D eigenvalue weighted by Crippen LogP contribution is -2.38. The van der Waals surface area contributed by atoms with Gasteiger partial charge < -0.3 is 5.32 Å². The van der Waals surface area contributed by atoms with Crippen molar-refractivity contribution >= 4 is 27.5 Å². The Morgan fingerprint density at radius 2 is 2.07 bits per heavy atom. The lowest BCUT2D eigenvalue weighted by Gasteiger charge is -2.24. The molecule has 0 aromatic heterocycles. The van der Waals surface area contributed by atoms with Crippen molar-refractivity contribution in [2.45, 2.75) is 25.8 Å². The first kappa shape index (κ1) is 12.0. The third kappa shape index (κ3) is 3.26. The highest BCUT2D eigenvalue weighted by atomic mass is 79.9. The summed E-state index contributed by atoms with van der Waals surface area (Å²) >= 11 is 9.39. The highest BCUT2D eigenvalue weighted by Crippen LogP contribution is 2.24. The van der Waals surface area contributed by atoms with Gasteiger partial charge in [0, 0.05) is 15.0 Å². The first-order valence-electron chi connectivity index (χ1n) is 4.57. The van der Waals surface area contributed by atoms with Crippen LogP contribution in [0.3, 0.4) is 0 Å². The van der Waals surface area contributed by atoms with Crippen LogP contribution < -0.4 is 5.32 Å². The van der Waals surface area contributed by atoms with Crippen molar-refractivity contribution in [1.82, 2.24) is 5.32 Å². The number of benzene rings is 1. The van der Waals surface area contributed by atoms with Crippen LogP contribution in [0.4, 0.5) is 0 Å². The van der Waals surface area contributed by atoms with Gasteiger partial charge in [-0.2, -0.15) is 0 Å². The molecule has 0 aliphatic rings. The van der Waals surface area contributed by atoms with Gasteiger partial charge in [0.1, 0.15) is 0 Å². The van der Waals surface area contributed by atoms with Crippen LogP contribution in [0.5, 0.6) is 0 Å². The van der Waals surface area contributed by atoms with Crippen LogP contribution in [0.25, 0.3) is 0 Å². The average Bonchev–Trinajstić information content (AvgIpc) is 2.10. The van der Waals surface area contributed by atoms with Gasteiger partial charge in [-0.3, -0.25) is 0 Å². The Kier molecular flexibility index (Phi) is 3.99. The molecule has 1 rings (SSSR count). The van der Waals surface area contributed by atoms with E-state index in [4.69, 9.17) is 11.6 Å². The number of halogens is 2. The van der Waals surface area contributed by atoms with Gasteiger partial charge in [-0.1, -0.05) is 33.6 Å². The molecule has 0 saturated heterocycles. The zero-order valence-electron chi connectivity index (χ0n) is 8.70. The third-order valence-corrected chi connectivity index (χ3v) is 3.30. The molecular formula is C11H15BrClN. The molecule has 0 aliphatic heterocycles. The maximum atomic E-state index is 5.88. The first-order chi connectivity index (χ1) is 6.44. The van der Waals surface area contributed by atoms with Crippen molar-refractivity contribution in [3.63, 3.8) is 0 Å². The monoisotopic (exact) mass is 275 g/mol. The summed E-state index contributed by atoms with van der Waals surface area (Å²) in [6.07, 6.45) is 0.973. The molecule has 0 spiro atoms. The van der Waals surface area contributed by atoms with E-state index in [9.17, 15) is 0 Å². The van der Waals surface area contributed by atoms with Crippen LogP contribution >= 0.6 is 27.5 Å². The van der Waals surface area contributed by atoms with Crippen molar-refractivity contribution in [3.8, 4) is 0 Å². The normalized spacial score (nSPS) is 11.8. The molecule has 0 saturated carbocycles. The van der Waals surface area contributed by atoms with Crippen LogP contribution in [0.15, 0.2) is 22.7 Å². The fraction of sp³-hybridized carbons (Fsp3) is 0.455. The molecule has 1 aromatic rings. The molecule has 0 atom stereocenters. The standard InChI is InChI=1S/C11H15BrClN/c1-11(2,14-3)7-8-4-5-9(13)6-10(8)12/h4-6,14H,7H2,1-3H3. The minimum Gasteiger partial charge on any atom is -0.314 e. The number of hydrogen-bond acceptors (Lipinski definition) is 1. The fourth-order valence-corrected chi connectivity index (χ4v) is 2.05. The Labute approximate surface area is 99.0 Å². The van der Waals surface area contributed by atoms with E-state index in [-0.39, 0.29) is 5.54 Å². The van der Waals surface area contributed by atoms with E-state index in [2.05, 4.69) is 41.2 Å². The molecule has 0 heterocycles. The van der Waals surface area contributed by atoms with Crippen LogP contribution in [0.1, 0.15) is 19.4 Å². The Balaban J connectivity index is 2.87. The number of nitrogens with one attached hydrogen (secondary N) is 1. The summed E-state index contributed by atoms with van der Waals surface area (Å²) in [6.45, 7) is 4.35. The topological polar surface area (TPSA) is 12.0 Å². The van der Waals surface area contributed by atoms with Crippen LogP contribution in [-0.2, 0) is 6.42 Å². The van der Waals surface area contributed by atoms with E-state index in [0.29, 0.717) is 0 Å². The maximum absolute atomic E-state index is 5.88. The van der Waals surface area contributed by atoms with Crippen molar-refractivity contribution < 1.29 is 0 Å². The second-order valence-corrected chi connectivity index (χ2v) is 5.34. The van der Waals surface area contributed by atoms with Gasteiger partial charge in [-0.05, 0) is 45.0 Å². The van der Waals surface area contributed by atoms with Gasteiger partial charge in [0.15, 0.2) is 0 Å². The lowest BCUT2D eigenvalue weighted by atomic mass is 9.95. The minimum absolute atomic E-state index is 0.107. The summed E-state index contributed by atoms with van der Waals surface area (Å²) in [5.74, 6) is 0. The molecule has 0 aliphatic carbocycles. The molecule has 1 nitrogen and oxygen atoms in total. The van der Waals surface area contributed by atoms with Gasteiger partial charge in [0.25, 0.3) is 0 Å². The molecule has 78 valence electrons. The quantitative estimate of drug-likeness (QED) is 0.889. The molecule has 14 heavy (non-hydrogen) atoms. The molecule has 0 unspecified atom stereocenters. The Bertz CT molecular complexity index is 323. The van der Waals surface area contributed by atoms with Crippen molar-refractivity contribution in [3.05, 3.63) is 33.3 Å². The first-order valence-corrected chi connectivity index (χ1v) is 5.74. The highest BCUT2D eigenvalue weighted by molar-refractivity contribution is 9.10. The van der Waals surface area contributed by atoms with Crippen LogP contribution in [0, 0.1) is 0 Å². The van der Waals surface area contributed by atoms with E-state index in [1.165, 1.54) is 5.56 Å². The van der Waals surface area contributed by atoms with Gasteiger partial charge in [0.05, 0.1) is 0 Å². The predicted molar refractivity (Wildman–Crippen MR) is 66.0 cm³/mol. The summed E-state index contributed by atoms with van der Waals surface area (Å²) in [4.78, 5) is 0. The lowest BCUT2D eigenvalue weighted by molar-refractivity contribution is 0.421. The number of hydrogen-bond donors (Lipinski definition) is 1. The predicted octanol–water partition coefficient (Wildman–Crippen LogP) is 3.64. The Hall–Kier alpha value is -0.0500. The molecule has 1 aromatic carbocycles. The molecule has 0 fully saturated rings. The molecule has 0 bridgehead atoms. The molecule has 0 amide bonds. The van der Waals surface area contributed by atoms with Crippen molar-refractivity contribution in [2.75, 3.05) is 7.05 Å². The largest absolute Gasteiger partial charge is 0.314 e. The Morgan fingerprint density at radius 3 is 2.57 bits per heavy atom. The zero-order valence-corrected chi connectivity index (χ0v) is 11.0. The molecule has 3 heteroatoms. The van der Waals surface area contributed by atoms with E-state index in [1.54, 1.807) is 0 Å². The van der Waals surface area contributed by atoms with Crippen LogP contribution in [0.2, 0.25) is 5.02 Å². The van der Waals surface area contributed by atoms with Gasteiger partial charge >= 0.3 is 0 Å². The van der Waals surface area contributed by atoms with Crippen molar-refractivity contribution in [2.24, 2.45) is 0 Å². The molecule has 0 radical (unpaired) electrons. The molecular weight excluding hydrogens is 261 g/mol. The van der Waals surface area contributed by atoms with Gasteiger partial charge in [-0.25, -0.2) is 0 Å². The number of likely N-dealkylation sites (N-methyl/N-ethyl adjacent to an activating group) is 1. The van der Waals surface area contributed by atoms with E-state index in [0.717, 1.165) is 15.9 Å². The van der Waals surface area contributed by atoms with Gasteiger partial charge in [-0.15, -0.1) is 0 Å². The SMILES string of the molecule is CNC(C)(C)Cc1ccc(Cl)cc1Br. The molecule has 1 N–H and O–H groups in total. The second kappa shape index (κ2) is 4.65. The highest BCUT2D eigenvalue weighted by Gasteiger charge is 2.16. The summed E-state index contributed by atoms with van der Waals surface area (Å²) in [5.41, 5.74) is 1.38. The van der Waals surface area contributed by atoms with E-state index >= 15 is 0 Å². The smallest absolute Gasteiger partial charge is 0.0417 e. The third-order valence-electron chi connectivity index (χ3n) is 2.32. The minimum atomic E-state index is 0.107. The van der Waals surface area contributed by atoms with E-state index < -0.39 is 0 Å². The van der Waals surface area contributed by atoms with Gasteiger partial charge in [0.2, 0.25) is 0 Å².